The molecule has 3 aromatic carbocycles. The van der Waals surface area contributed by atoms with Crippen molar-refractivity contribution in [3.05, 3.63) is 83.9 Å². The van der Waals surface area contributed by atoms with E-state index in [-0.39, 0.29) is 30.5 Å². The van der Waals surface area contributed by atoms with Crippen LogP contribution in [0.25, 0.3) is 22.6 Å². The molecule has 4 aromatic rings. The summed E-state index contributed by atoms with van der Waals surface area (Å²) in [6.45, 7) is 1.78. The molecule has 1 aromatic heterocycles. The number of fused-ring (bicyclic) bond motifs is 2. The number of hydrogen-bond acceptors (Lipinski definition) is 20. The number of unbranched alkanes of at least 4 members (excludes halogenated alkanes) is 2. The molecule has 11 atom stereocenters. The van der Waals surface area contributed by atoms with Gasteiger partial charge in [0.2, 0.25) is 41.4 Å². The maximum absolute atomic E-state index is 14.6. The van der Waals surface area contributed by atoms with E-state index in [1.807, 2.05) is 24.3 Å². The molecule has 85 heavy (non-hydrogen) atoms. The minimum atomic E-state index is -5.21. The standard InChI is InChI=1S/C55H69N9O20S/c1-3-4-5-19-82-34-15-13-31(14-16-34)42-23-35(62-83-42)30-9-11-32(12-10-30)49(72)58-36-22-33(66)25-57-53(76)47-48(71)28(2)26-64(47)55(78)46(41(69)24-44(56)70)61-52(75)45(40(68)20-29-8-17-39(67)43(21-29)84-85(79,80)81)60-51(74)38-7-6-18-63(38)54(77)37(27-65)59-50(36)73/h8-17,21,23,28,33,36-38,40-41,45-48,65-69,71H,3-7,18-20,22,24-27H2,1-2H3,(H2,56,70)(H,57,76)(H,58,72)(H,59,73)(H,60,74)(H,61,75)(H,79,80,81). The molecule has 3 aliphatic rings. The number of primary amides is 1. The van der Waals surface area contributed by atoms with Gasteiger partial charge in [0.15, 0.2) is 17.3 Å². The maximum Gasteiger partial charge on any atom is 0.446 e. The van der Waals surface area contributed by atoms with Crippen LogP contribution in [0.3, 0.4) is 0 Å². The average Bonchev–Trinajstić information content (AvgIpc) is 3.00. The number of aliphatic hydroxyl groups is 5. The Morgan fingerprint density at radius 1 is 0.859 bits per heavy atom. The number of hydrogen-bond donors (Lipinski definition) is 13. The highest BCUT2D eigenvalue weighted by atomic mass is 32.3. The van der Waals surface area contributed by atoms with Gasteiger partial charge >= 0.3 is 10.4 Å². The van der Waals surface area contributed by atoms with Crippen LogP contribution in [-0.2, 0) is 50.4 Å². The zero-order valence-electron chi connectivity index (χ0n) is 46.2. The molecule has 29 nitrogen and oxygen atoms in total. The highest BCUT2D eigenvalue weighted by molar-refractivity contribution is 7.81. The van der Waals surface area contributed by atoms with E-state index >= 15 is 0 Å². The summed E-state index contributed by atoms with van der Waals surface area (Å²) in [4.78, 5) is 114. The third-order valence-electron chi connectivity index (χ3n) is 14.7. The summed E-state index contributed by atoms with van der Waals surface area (Å²) in [6, 6.07) is 6.54. The Kier molecular flexibility index (Phi) is 21.6. The minimum Gasteiger partial charge on any atom is -0.504 e. The number of phenolic OH excluding ortho intramolecular Hbond substituents is 1. The number of rotatable bonds is 18. The molecule has 0 aliphatic carbocycles. The SMILES string of the molecule is CCCCCOc1ccc(-c2cc(-c3ccc(C(=O)NC4CC(O)CNC(=O)C5C(O)C(C)CN5C(=O)C(C(O)CC(N)=O)NC(=O)C(C(O)Cc5ccc(O)c(OS(=O)(=O)O)c5)NC(=O)C5CCCN5C(=O)C(CO)NC4=O)cc3)no2)cc1. The van der Waals surface area contributed by atoms with Gasteiger partial charge in [0.25, 0.3) is 5.91 Å². The van der Waals surface area contributed by atoms with E-state index in [4.69, 9.17) is 15.0 Å². The molecule has 8 amide bonds. The van der Waals surface area contributed by atoms with E-state index in [1.165, 1.54) is 19.1 Å². The molecule has 7 rings (SSSR count). The lowest BCUT2D eigenvalue weighted by Gasteiger charge is -2.33. The van der Waals surface area contributed by atoms with Crippen LogP contribution in [0.1, 0.15) is 74.7 Å². The lowest BCUT2D eigenvalue weighted by Crippen LogP contribution is -2.64. The lowest BCUT2D eigenvalue weighted by atomic mass is 9.98. The van der Waals surface area contributed by atoms with Crippen molar-refractivity contribution in [2.24, 2.45) is 11.7 Å². The summed E-state index contributed by atoms with van der Waals surface area (Å²) >= 11 is 0. The number of nitrogens with two attached hydrogens (primary N) is 1. The Morgan fingerprint density at radius 3 is 2.22 bits per heavy atom. The van der Waals surface area contributed by atoms with Crippen molar-refractivity contribution >= 4 is 57.7 Å². The second kappa shape index (κ2) is 28.5. The number of ether oxygens (including phenoxy) is 1. The van der Waals surface area contributed by atoms with Crippen LogP contribution in [0.2, 0.25) is 0 Å². The van der Waals surface area contributed by atoms with Gasteiger partial charge in [-0.1, -0.05) is 50.0 Å². The molecule has 14 N–H and O–H groups in total. The number of β-amino-alcohol motifs (C(OH)–C–C–N with tert-alkyl or cyclic N) is 1. The largest absolute Gasteiger partial charge is 0.504 e. The highest BCUT2D eigenvalue weighted by Crippen LogP contribution is 2.31. The Morgan fingerprint density at radius 2 is 1.55 bits per heavy atom. The number of benzene rings is 3. The number of carbonyl (C=O) groups is 8. The summed E-state index contributed by atoms with van der Waals surface area (Å²) in [5.41, 5.74) is 6.97. The number of phenols is 1. The van der Waals surface area contributed by atoms with Crippen molar-refractivity contribution < 1.29 is 95.4 Å². The fourth-order valence-corrected chi connectivity index (χ4v) is 10.5. The first kappa shape index (κ1) is 64.3. The number of aromatic nitrogens is 1. The first-order chi connectivity index (χ1) is 40.3. The molecule has 3 aliphatic heterocycles. The van der Waals surface area contributed by atoms with E-state index in [0.717, 1.165) is 52.8 Å². The Hall–Kier alpha value is -8.26. The van der Waals surface area contributed by atoms with Crippen molar-refractivity contribution in [1.29, 1.82) is 0 Å². The molecule has 0 radical (unpaired) electrons. The predicted molar refractivity (Wildman–Crippen MR) is 295 cm³/mol. The fraction of sp³-hybridized carbons (Fsp3) is 0.473. The molecule has 460 valence electrons. The summed E-state index contributed by atoms with van der Waals surface area (Å²) in [5.74, 6) is -10.5. The first-order valence-corrected chi connectivity index (χ1v) is 28.7. The number of aliphatic hydroxyl groups excluding tert-OH is 5. The van der Waals surface area contributed by atoms with Gasteiger partial charge in [-0.25, -0.2) is 0 Å². The van der Waals surface area contributed by atoms with Gasteiger partial charge in [-0.15, -0.1) is 0 Å². The van der Waals surface area contributed by atoms with Gasteiger partial charge in [-0.05, 0) is 73.4 Å². The predicted octanol–water partition coefficient (Wildman–Crippen LogP) is -2.07. The minimum absolute atomic E-state index is 0.00405. The van der Waals surface area contributed by atoms with Crippen molar-refractivity contribution in [1.82, 2.24) is 41.5 Å². The van der Waals surface area contributed by atoms with Gasteiger partial charge in [0, 0.05) is 61.2 Å². The Labute approximate surface area is 487 Å². The third kappa shape index (κ3) is 16.6. The van der Waals surface area contributed by atoms with Crippen LogP contribution in [0.5, 0.6) is 17.2 Å². The quantitative estimate of drug-likeness (QED) is 0.0376. The van der Waals surface area contributed by atoms with E-state index in [1.54, 1.807) is 18.2 Å². The normalized spacial score (nSPS) is 24.6. The van der Waals surface area contributed by atoms with Gasteiger partial charge in [0.05, 0.1) is 44.1 Å². The second-order valence-electron chi connectivity index (χ2n) is 21.0. The number of nitrogens with zero attached hydrogens (tertiary/aromatic N) is 3. The van der Waals surface area contributed by atoms with Crippen molar-refractivity contribution in [2.45, 2.75) is 126 Å². The van der Waals surface area contributed by atoms with Crippen LogP contribution in [0.15, 0.2) is 77.3 Å². The molecule has 0 saturated carbocycles. The zero-order chi connectivity index (χ0) is 61.9. The average molecular weight is 1210 g/mol. The monoisotopic (exact) mass is 1210 g/mol. The van der Waals surface area contributed by atoms with Crippen molar-refractivity contribution in [3.63, 3.8) is 0 Å². The molecule has 30 heteroatoms. The van der Waals surface area contributed by atoms with Crippen LogP contribution in [0, 0.1) is 5.92 Å². The van der Waals surface area contributed by atoms with E-state index in [2.05, 4.69) is 42.8 Å². The number of aromatic hydroxyl groups is 1. The van der Waals surface area contributed by atoms with Gasteiger partial charge in [-0.2, -0.15) is 8.42 Å². The second-order valence-corrected chi connectivity index (χ2v) is 22.0. The van der Waals surface area contributed by atoms with Gasteiger partial charge in [-0.3, -0.25) is 42.9 Å². The van der Waals surface area contributed by atoms with E-state index < -0.39 is 175 Å². The molecule has 11 unspecified atom stereocenters. The molecule has 3 saturated heterocycles. The zero-order valence-corrected chi connectivity index (χ0v) is 47.1. The summed E-state index contributed by atoms with van der Waals surface area (Å²) in [6.07, 6.45) is -6.93. The summed E-state index contributed by atoms with van der Waals surface area (Å²) in [5, 5.41) is 82.7. The topological polar surface area (TPSA) is 449 Å². The van der Waals surface area contributed by atoms with Crippen molar-refractivity contribution in [2.75, 3.05) is 32.8 Å². The molecule has 0 bridgehead atoms. The molecule has 3 fully saturated rings. The number of nitrogens with one attached hydrogen (secondary N) is 5. The Bertz CT molecular complexity index is 3180. The maximum atomic E-state index is 14.6. The number of carbonyl (C=O) groups excluding carboxylic acids is 8. The van der Waals surface area contributed by atoms with Gasteiger partial charge in [0.1, 0.15) is 47.7 Å². The molecule has 4 heterocycles. The Balaban J connectivity index is 1.17. The molecular weight excluding hydrogens is 1140 g/mol. The van der Waals surface area contributed by atoms with Crippen molar-refractivity contribution in [3.8, 4) is 39.8 Å². The third-order valence-corrected chi connectivity index (χ3v) is 15.0. The fourth-order valence-electron chi connectivity index (χ4n) is 10.1. The summed E-state index contributed by atoms with van der Waals surface area (Å²) in [7, 11) is -5.21. The molecule has 0 spiro atoms. The van der Waals surface area contributed by atoms with Crippen LogP contribution in [0.4, 0.5) is 0 Å². The van der Waals surface area contributed by atoms with E-state index in [0.29, 0.717) is 29.4 Å². The van der Waals surface area contributed by atoms with Crippen LogP contribution >= 0.6 is 0 Å². The van der Waals surface area contributed by atoms with Crippen LogP contribution in [-0.4, -0.2) is 199 Å². The van der Waals surface area contributed by atoms with E-state index in [9.17, 15) is 82.0 Å². The molecular formula is C55H69N9O20S. The highest BCUT2D eigenvalue weighted by Gasteiger charge is 2.49. The summed E-state index contributed by atoms with van der Waals surface area (Å²) < 4.78 is 48.1. The lowest BCUT2D eigenvalue weighted by molar-refractivity contribution is -0.147. The van der Waals surface area contributed by atoms with Crippen LogP contribution < -0.4 is 41.2 Å². The first-order valence-electron chi connectivity index (χ1n) is 27.4. The number of amides is 8. The smallest absolute Gasteiger partial charge is 0.446 e. The van der Waals surface area contributed by atoms with Gasteiger partial charge < -0.3 is 86.2 Å².